The molecule has 0 spiro atoms. The summed E-state index contributed by atoms with van der Waals surface area (Å²) in [5.74, 6) is -0.100. The van der Waals surface area contributed by atoms with Crippen LogP contribution in [0.15, 0.2) is 24.3 Å². The maximum atomic E-state index is 11.5. The van der Waals surface area contributed by atoms with Crippen LogP contribution in [-0.2, 0) is 9.53 Å². The van der Waals surface area contributed by atoms with Crippen LogP contribution in [-0.4, -0.2) is 19.1 Å². The lowest BCUT2D eigenvalue weighted by Gasteiger charge is -2.20. The van der Waals surface area contributed by atoms with Crippen molar-refractivity contribution in [1.29, 1.82) is 0 Å². The van der Waals surface area contributed by atoms with E-state index in [0.717, 1.165) is 5.69 Å². The number of anilines is 2. The van der Waals surface area contributed by atoms with Crippen LogP contribution in [0.4, 0.5) is 11.4 Å². The number of benzene rings is 1. The van der Waals surface area contributed by atoms with Gasteiger partial charge in [-0.3, -0.25) is 0 Å². The fourth-order valence-corrected chi connectivity index (χ4v) is 1.38. The fourth-order valence-electron chi connectivity index (χ4n) is 1.38. The van der Waals surface area contributed by atoms with Gasteiger partial charge in [0, 0.05) is 11.4 Å². The number of hydrogen-bond acceptors (Lipinski definition) is 4. The number of nitrogens with two attached hydrogens (primary N) is 1. The van der Waals surface area contributed by atoms with E-state index in [1.165, 1.54) is 7.11 Å². The summed E-state index contributed by atoms with van der Waals surface area (Å²) in [6.07, 6.45) is 0. The van der Waals surface area contributed by atoms with Gasteiger partial charge in [0.2, 0.25) is 0 Å². The summed E-state index contributed by atoms with van der Waals surface area (Å²) in [6.45, 7) is 3.93. The standard InChI is InChI=1S/C12H18N2O2/c1-8(2)11(12(15)16-3)14-10-6-4-9(13)5-7-10/h4-8,11,14H,13H2,1-3H3. The molecule has 4 heteroatoms. The van der Waals surface area contributed by atoms with E-state index in [1.807, 2.05) is 26.0 Å². The Morgan fingerprint density at radius 1 is 1.31 bits per heavy atom. The number of carbonyl (C=O) groups is 1. The second kappa shape index (κ2) is 5.39. The second-order valence-electron chi connectivity index (χ2n) is 4.01. The van der Waals surface area contributed by atoms with Crippen LogP contribution >= 0.6 is 0 Å². The number of ether oxygens (including phenoxy) is 1. The Kier molecular flexibility index (Phi) is 4.17. The SMILES string of the molecule is COC(=O)C(Nc1ccc(N)cc1)C(C)C. The third-order valence-corrected chi connectivity index (χ3v) is 2.35. The molecule has 3 N–H and O–H groups in total. The highest BCUT2D eigenvalue weighted by Crippen LogP contribution is 2.15. The molecule has 1 aromatic carbocycles. The summed E-state index contributed by atoms with van der Waals surface area (Å²) in [7, 11) is 1.39. The first-order valence-electron chi connectivity index (χ1n) is 5.24. The molecular weight excluding hydrogens is 204 g/mol. The molecule has 16 heavy (non-hydrogen) atoms. The van der Waals surface area contributed by atoms with Gasteiger partial charge in [0.1, 0.15) is 6.04 Å². The van der Waals surface area contributed by atoms with E-state index >= 15 is 0 Å². The quantitative estimate of drug-likeness (QED) is 0.603. The van der Waals surface area contributed by atoms with Crippen LogP contribution in [0, 0.1) is 5.92 Å². The lowest BCUT2D eigenvalue weighted by atomic mass is 10.0. The molecule has 0 radical (unpaired) electrons. The molecule has 88 valence electrons. The van der Waals surface area contributed by atoms with E-state index in [4.69, 9.17) is 10.5 Å². The van der Waals surface area contributed by atoms with Crippen LogP contribution in [0.5, 0.6) is 0 Å². The lowest BCUT2D eigenvalue weighted by Crippen LogP contribution is -2.35. The maximum absolute atomic E-state index is 11.5. The predicted octanol–water partition coefficient (Wildman–Crippen LogP) is 1.88. The number of nitrogens with one attached hydrogen (secondary N) is 1. The van der Waals surface area contributed by atoms with Crippen molar-refractivity contribution in [3.63, 3.8) is 0 Å². The molecule has 0 aromatic heterocycles. The number of rotatable bonds is 4. The van der Waals surface area contributed by atoms with E-state index in [-0.39, 0.29) is 17.9 Å². The third-order valence-electron chi connectivity index (χ3n) is 2.35. The highest BCUT2D eigenvalue weighted by molar-refractivity contribution is 5.79. The Hall–Kier alpha value is -1.71. The Balaban J connectivity index is 2.75. The first kappa shape index (κ1) is 12.4. The maximum Gasteiger partial charge on any atom is 0.328 e. The van der Waals surface area contributed by atoms with Gasteiger partial charge in [-0.15, -0.1) is 0 Å². The molecule has 1 unspecified atom stereocenters. The van der Waals surface area contributed by atoms with Gasteiger partial charge in [-0.1, -0.05) is 13.8 Å². The van der Waals surface area contributed by atoms with Crippen molar-refractivity contribution in [2.24, 2.45) is 5.92 Å². The van der Waals surface area contributed by atoms with Crippen molar-refractivity contribution >= 4 is 17.3 Å². The molecule has 4 nitrogen and oxygen atoms in total. The van der Waals surface area contributed by atoms with E-state index in [2.05, 4.69) is 5.32 Å². The van der Waals surface area contributed by atoms with Gasteiger partial charge in [-0.05, 0) is 30.2 Å². The van der Waals surface area contributed by atoms with Crippen molar-refractivity contribution in [2.75, 3.05) is 18.2 Å². The average molecular weight is 222 g/mol. The Morgan fingerprint density at radius 3 is 2.31 bits per heavy atom. The fraction of sp³-hybridized carbons (Fsp3) is 0.417. The molecule has 1 rings (SSSR count). The summed E-state index contributed by atoms with van der Waals surface area (Å²) in [4.78, 5) is 11.5. The summed E-state index contributed by atoms with van der Waals surface area (Å²) in [5.41, 5.74) is 7.14. The zero-order chi connectivity index (χ0) is 12.1. The van der Waals surface area contributed by atoms with Crippen LogP contribution in [0.25, 0.3) is 0 Å². The van der Waals surface area contributed by atoms with Crippen molar-refractivity contribution in [3.05, 3.63) is 24.3 Å². The summed E-state index contributed by atoms with van der Waals surface area (Å²) in [6, 6.07) is 6.92. The minimum absolute atomic E-state index is 0.157. The number of nitrogen functional groups attached to an aromatic ring is 1. The minimum Gasteiger partial charge on any atom is -0.467 e. The Labute approximate surface area is 95.8 Å². The van der Waals surface area contributed by atoms with Crippen molar-refractivity contribution in [1.82, 2.24) is 0 Å². The molecule has 0 heterocycles. The normalized spacial score (nSPS) is 12.2. The molecule has 1 aromatic rings. The lowest BCUT2D eigenvalue weighted by molar-refractivity contribution is -0.142. The molecule has 0 bridgehead atoms. The Morgan fingerprint density at radius 2 is 1.88 bits per heavy atom. The van der Waals surface area contributed by atoms with Crippen LogP contribution in [0.1, 0.15) is 13.8 Å². The molecule has 0 fully saturated rings. The Bertz CT molecular complexity index is 347. The second-order valence-corrected chi connectivity index (χ2v) is 4.01. The number of hydrogen-bond donors (Lipinski definition) is 2. The summed E-state index contributed by atoms with van der Waals surface area (Å²) >= 11 is 0. The van der Waals surface area contributed by atoms with Crippen LogP contribution < -0.4 is 11.1 Å². The van der Waals surface area contributed by atoms with E-state index < -0.39 is 0 Å². The van der Waals surface area contributed by atoms with Crippen LogP contribution in [0.2, 0.25) is 0 Å². The molecule has 0 amide bonds. The number of esters is 1. The molecule has 0 saturated carbocycles. The van der Waals surface area contributed by atoms with E-state index in [9.17, 15) is 4.79 Å². The summed E-state index contributed by atoms with van der Waals surface area (Å²) < 4.78 is 4.74. The average Bonchev–Trinajstić information content (AvgIpc) is 2.27. The highest BCUT2D eigenvalue weighted by Gasteiger charge is 2.22. The highest BCUT2D eigenvalue weighted by atomic mass is 16.5. The topological polar surface area (TPSA) is 64.3 Å². The van der Waals surface area contributed by atoms with Crippen molar-refractivity contribution in [2.45, 2.75) is 19.9 Å². The molecule has 0 aliphatic carbocycles. The smallest absolute Gasteiger partial charge is 0.328 e. The van der Waals surface area contributed by atoms with Gasteiger partial charge >= 0.3 is 5.97 Å². The van der Waals surface area contributed by atoms with Gasteiger partial charge in [0.15, 0.2) is 0 Å². The minimum atomic E-state index is -0.339. The van der Waals surface area contributed by atoms with E-state index in [1.54, 1.807) is 12.1 Å². The van der Waals surface area contributed by atoms with E-state index in [0.29, 0.717) is 5.69 Å². The zero-order valence-electron chi connectivity index (χ0n) is 9.86. The summed E-state index contributed by atoms with van der Waals surface area (Å²) in [5, 5.41) is 3.13. The number of carbonyl (C=O) groups excluding carboxylic acids is 1. The molecule has 0 saturated heterocycles. The molecular formula is C12H18N2O2. The molecule has 1 atom stereocenters. The van der Waals surface area contributed by atoms with Gasteiger partial charge in [-0.2, -0.15) is 0 Å². The van der Waals surface area contributed by atoms with Crippen molar-refractivity contribution < 1.29 is 9.53 Å². The number of methoxy groups -OCH3 is 1. The zero-order valence-corrected chi connectivity index (χ0v) is 9.86. The van der Waals surface area contributed by atoms with Crippen LogP contribution in [0.3, 0.4) is 0 Å². The first-order chi connectivity index (χ1) is 7.54. The predicted molar refractivity (Wildman–Crippen MR) is 65.1 cm³/mol. The molecule has 0 aliphatic rings. The van der Waals surface area contributed by atoms with Gasteiger partial charge < -0.3 is 15.8 Å². The molecule has 0 aliphatic heterocycles. The van der Waals surface area contributed by atoms with Gasteiger partial charge in [0.25, 0.3) is 0 Å². The first-order valence-corrected chi connectivity index (χ1v) is 5.24. The van der Waals surface area contributed by atoms with Gasteiger partial charge in [-0.25, -0.2) is 4.79 Å². The van der Waals surface area contributed by atoms with Crippen molar-refractivity contribution in [3.8, 4) is 0 Å². The monoisotopic (exact) mass is 222 g/mol. The third kappa shape index (κ3) is 3.15. The van der Waals surface area contributed by atoms with Gasteiger partial charge in [0.05, 0.1) is 7.11 Å². The largest absolute Gasteiger partial charge is 0.467 e.